The van der Waals surface area contributed by atoms with E-state index in [2.05, 4.69) is 27.9 Å². The number of nitrogens with zero attached hydrogens (tertiary/aromatic N) is 1. The monoisotopic (exact) mass is 682 g/mol. The van der Waals surface area contributed by atoms with Gasteiger partial charge >= 0.3 is 0 Å². The van der Waals surface area contributed by atoms with E-state index in [-0.39, 0.29) is 51.8 Å². The summed E-state index contributed by atoms with van der Waals surface area (Å²) < 4.78 is 23.3. The van der Waals surface area contributed by atoms with Gasteiger partial charge in [-0.15, -0.1) is 0 Å². The quantitative estimate of drug-likeness (QED) is 0.248. The smallest absolute Gasteiger partial charge is 0.247 e. The SMILES string of the molecule is CCCC(=O)N(Cc1ccc2c(c1)OCO2)[C@@H]1CC(C(=O)NCCO)=C[C@H](Oc2c(I)cc(CO)cc2OC)[C@H]1O. The highest BCUT2D eigenvalue weighted by atomic mass is 127. The first-order valence-electron chi connectivity index (χ1n) is 13.4. The molecule has 4 rings (SSSR count). The predicted molar refractivity (Wildman–Crippen MR) is 157 cm³/mol. The molecule has 2 aromatic carbocycles. The number of benzene rings is 2. The number of aliphatic hydroxyl groups is 3. The van der Waals surface area contributed by atoms with E-state index in [9.17, 15) is 24.9 Å². The minimum absolute atomic E-state index is 0.0545. The van der Waals surface area contributed by atoms with Crippen molar-refractivity contribution in [2.24, 2.45) is 0 Å². The number of carbonyl (C=O) groups excluding carboxylic acids is 2. The Labute approximate surface area is 252 Å². The maximum atomic E-state index is 13.5. The second-order valence-electron chi connectivity index (χ2n) is 9.74. The second-order valence-corrected chi connectivity index (χ2v) is 10.9. The van der Waals surface area contributed by atoms with Crippen LogP contribution in [0.2, 0.25) is 0 Å². The van der Waals surface area contributed by atoms with Crippen molar-refractivity contribution in [3.05, 3.63) is 56.7 Å². The molecule has 0 fully saturated rings. The Kier molecular flexibility index (Phi) is 10.7. The van der Waals surface area contributed by atoms with Gasteiger partial charge in [-0.3, -0.25) is 9.59 Å². The Bertz CT molecular complexity index is 1290. The molecule has 0 radical (unpaired) electrons. The van der Waals surface area contributed by atoms with Gasteiger partial charge in [-0.05, 0) is 70.5 Å². The van der Waals surface area contributed by atoms with Crippen LogP contribution in [0.4, 0.5) is 0 Å². The third kappa shape index (κ3) is 7.23. The number of methoxy groups -OCH3 is 1. The Hall–Kier alpha value is -3.07. The molecule has 0 saturated heterocycles. The van der Waals surface area contributed by atoms with Crippen LogP contribution in [0.1, 0.15) is 37.3 Å². The first-order valence-corrected chi connectivity index (χ1v) is 14.5. The fourth-order valence-corrected chi connectivity index (χ4v) is 5.67. The molecule has 2 aromatic rings. The molecule has 222 valence electrons. The summed E-state index contributed by atoms with van der Waals surface area (Å²) >= 11 is 2.06. The first kappa shape index (κ1) is 30.9. The van der Waals surface area contributed by atoms with E-state index in [1.165, 1.54) is 7.11 Å². The van der Waals surface area contributed by atoms with Gasteiger partial charge in [0.1, 0.15) is 12.2 Å². The van der Waals surface area contributed by atoms with Gasteiger partial charge in [0.2, 0.25) is 18.6 Å². The standard InChI is InChI=1S/C29H35IN2O9/c1-3-4-26(35)32(14-17-5-6-22-23(10-17)40-16-39-22)21-12-19(29(37)31-7-8-33)13-24(27(21)36)41-28-20(30)9-18(15-34)11-25(28)38-2/h5-6,9-11,13,21,24,27,33-34,36H,3-4,7-8,12,14-16H2,1-2H3,(H,31,37)/t21-,24+,27+/m1/s1. The molecular formula is C29H35IN2O9. The number of aliphatic hydroxyl groups excluding tert-OH is 3. The molecular weight excluding hydrogens is 647 g/mol. The lowest BCUT2D eigenvalue weighted by Crippen LogP contribution is -2.54. The Morgan fingerprint density at radius 3 is 2.63 bits per heavy atom. The summed E-state index contributed by atoms with van der Waals surface area (Å²) in [6, 6.07) is 7.99. The van der Waals surface area contributed by atoms with Crippen molar-refractivity contribution in [3.8, 4) is 23.0 Å². The predicted octanol–water partition coefficient (Wildman–Crippen LogP) is 2.27. The molecule has 2 amide bonds. The van der Waals surface area contributed by atoms with Crippen molar-refractivity contribution in [2.75, 3.05) is 27.1 Å². The molecule has 0 spiro atoms. The van der Waals surface area contributed by atoms with Crippen LogP contribution >= 0.6 is 22.6 Å². The molecule has 0 aromatic heterocycles. The Morgan fingerprint density at radius 2 is 1.93 bits per heavy atom. The number of nitrogens with one attached hydrogen (secondary N) is 1. The zero-order valence-corrected chi connectivity index (χ0v) is 25.1. The third-order valence-corrected chi connectivity index (χ3v) is 7.72. The Balaban J connectivity index is 1.70. The summed E-state index contributed by atoms with van der Waals surface area (Å²) in [4.78, 5) is 28.1. The molecule has 2 aliphatic rings. The maximum absolute atomic E-state index is 13.5. The molecule has 41 heavy (non-hydrogen) atoms. The maximum Gasteiger partial charge on any atom is 0.247 e. The van der Waals surface area contributed by atoms with Crippen LogP contribution in [0.15, 0.2) is 42.0 Å². The van der Waals surface area contributed by atoms with Gasteiger partial charge < -0.3 is 44.5 Å². The van der Waals surface area contributed by atoms with Gasteiger partial charge in [-0.1, -0.05) is 13.0 Å². The average molecular weight is 683 g/mol. The van der Waals surface area contributed by atoms with Crippen LogP contribution in [-0.2, 0) is 22.7 Å². The minimum Gasteiger partial charge on any atom is -0.493 e. The van der Waals surface area contributed by atoms with Crippen LogP contribution in [0, 0.1) is 3.57 Å². The molecule has 12 heteroatoms. The molecule has 0 bridgehead atoms. The number of halogens is 1. The van der Waals surface area contributed by atoms with E-state index in [0.717, 1.165) is 5.56 Å². The van der Waals surface area contributed by atoms with Gasteiger partial charge in [0.25, 0.3) is 0 Å². The van der Waals surface area contributed by atoms with Gasteiger partial charge in [0.15, 0.2) is 23.0 Å². The molecule has 0 unspecified atom stereocenters. The molecule has 1 heterocycles. The van der Waals surface area contributed by atoms with Crippen LogP contribution in [0.5, 0.6) is 23.0 Å². The minimum atomic E-state index is -1.20. The molecule has 3 atom stereocenters. The number of hydrogen-bond acceptors (Lipinski definition) is 9. The lowest BCUT2D eigenvalue weighted by molar-refractivity contribution is -0.139. The number of hydrogen-bond donors (Lipinski definition) is 4. The Morgan fingerprint density at radius 1 is 1.15 bits per heavy atom. The largest absolute Gasteiger partial charge is 0.493 e. The molecule has 4 N–H and O–H groups in total. The lowest BCUT2D eigenvalue weighted by Gasteiger charge is -2.40. The number of fused-ring (bicyclic) bond motifs is 1. The van der Waals surface area contributed by atoms with Crippen molar-refractivity contribution in [1.29, 1.82) is 0 Å². The van der Waals surface area contributed by atoms with Crippen LogP contribution in [0.25, 0.3) is 0 Å². The van der Waals surface area contributed by atoms with Gasteiger partial charge in [-0.2, -0.15) is 0 Å². The molecule has 1 aliphatic carbocycles. The summed E-state index contributed by atoms with van der Waals surface area (Å²) in [7, 11) is 1.47. The normalized spacial score (nSPS) is 19.4. The highest BCUT2D eigenvalue weighted by molar-refractivity contribution is 14.1. The number of carbonyl (C=O) groups is 2. The summed E-state index contributed by atoms with van der Waals surface area (Å²) in [6.07, 6.45) is 0.272. The summed E-state index contributed by atoms with van der Waals surface area (Å²) in [5.74, 6) is 1.29. The summed E-state index contributed by atoms with van der Waals surface area (Å²) in [6.45, 7) is 1.82. The zero-order valence-electron chi connectivity index (χ0n) is 23.0. The third-order valence-electron chi connectivity index (χ3n) is 6.91. The fourth-order valence-electron chi connectivity index (χ4n) is 4.88. The molecule has 0 saturated carbocycles. The molecule has 1 aliphatic heterocycles. The van der Waals surface area contributed by atoms with E-state index >= 15 is 0 Å². The summed E-state index contributed by atoms with van der Waals surface area (Å²) in [5.41, 5.74) is 1.72. The van der Waals surface area contributed by atoms with Crippen LogP contribution < -0.4 is 24.3 Å². The van der Waals surface area contributed by atoms with Crippen molar-refractivity contribution in [3.63, 3.8) is 0 Å². The number of rotatable bonds is 12. The lowest BCUT2D eigenvalue weighted by atomic mass is 9.87. The van der Waals surface area contributed by atoms with Crippen molar-refractivity contribution < 1.29 is 43.9 Å². The number of amides is 2. The highest BCUT2D eigenvalue weighted by Gasteiger charge is 2.41. The van der Waals surface area contributed by atoms with Crippen molar-refractivity contribution >= 4 is 34.4 Å². The van der Waals surface area contributed by atoms with Gasteiger partial charge in [0.05, 0.1) is 29.9 Å². The highest BCUT2D eigenvalue weighted by Crippen LogP contribution is 2.38. The van der Waals surface area contributed by atoms with Crippen molar-refractivity contribution in [2.45, 2.75) is 57.6 Å². The van der Waals surface area contributed by atoms with E-state index < -0.39 is 24.2 Å². The van der Waals surface area contributed by atoms with E-state index in [1.54, 1.807) is 35.2 Å². The second kappa shape index (κ2) is 14.2. The van der Waals surface area contributed by atoms with Crippen LogP contribution in [0.3, 0.4) is 0 Å². The zero-order chi connectivity index (χ0) is 29.5. The van der Waals surface area contributed by atoms with E-state index in [1.807, 2.05) is 13.0 Å². The average Bonchev–Trinajstić information content (AvgIpc) is 3.44. The van der Waals surface area contributed by atoms with Crippen LogP contribution in [-0.4, -0.2) is 77.3 Å². The van der Waals surface area contributed by atoms with Crippen molar-refractivity contribution in [1.82, 2.24) is 10.2 Å². The summed E-state index contributed by atoms with van der Waals surface area (Å²) in [5, 5.41) is 33.2. The van der Waals surface area contributed by atoms with E-state index in [0.29, 0.717) is 44.1 Å². The van der Waals surface area contributed by atoms with Gasteiger partial charge in [0, 0.05) is 31.5 Å². The molecule has 11 nitrogen and oxygen atoms in total. The van der Waals surface area contributed by atoms with Gasteiger partial charge in [-0.25, -0.2) is 0 Å². The fraction of sp³-hybridized carbons (Fsp3) is 0.448. The van der Waals surface area contributed by atoms with E-state index in [4.69, 9.17) is 18.9 Å². The topological polar surface area (TPSA) is 147 Å². The first-order chi connectivity index (χ1) is 19.8. The number of ether oxygens (including phenoxy) is 4.